The summed E-state index contributed by atoms with van der Waals surface area (Å²) >= 11 is 0. The van der Waals surface area contributed by atoms with Gasteiger partial charge in [0, 0.05) is 29.8 Å². The minimum Gasteiger partial charge on any atom is -0.354 e. The molecule has 8 nitrogen and oxygen atoms in total. The van der Waals surface area contributed by atoms with Crippen molar-refractivity contribution < 1.29 is 23.4 Å². The van der Waals surface area contributed by atoms with Crippen molar-refractivity contribution in [1.82, 2.24) is 10.0 Å². The molecule has 0 saturated heterocycles. The second kappa shape index (κ2) is 14.3. The number of nitrogens with one attached hydrogen (secondary N) is 2. The first-order valence-electron chi connectivity index (χ1n) is 10.9. The van der Waals surface area contributed by atoms with Crippen molar-refractivity contribution in [2.75, 3.05) is 18.9 Å². The van der Waals surface area contributed by atoms with Crippen molar-refractivity contribution >= 4 is 28.6 Å². The van der Waals surface area contributed by atoms with E-state index in [4.69, 9.17) is 5.90 Å². The zero-order valence-corrected chi connectivity index (χ0v) is 19.6. The normalized spacial score (nSPS) is 12.5. The van der Waals surface area contributed by atoms with Crippen molar-refractivity contribution in [1.29, 1.82) is 0 Å². The van der Waals surface area contributed by atoms with E-state index in [0.717, 1.165) is 12.0 Å². The predicted molar refractivity (Wildman–Crippen MR) is 128 cm³/mol. The molecule has 2 rings (SSSR count). The monoisotopic (exact) mass is 473 g/mol. The second-order valence-corrected chi connectivity index (χ2v) is 8.89. The Kier molecular flexibility index (Phi) is 11.4. The third kappa shape index (κ3) is 9.25. The molecule has 0 heterocycles. The Balaban J connectivity index is 1.72. The molecule has 2 unspecified atom stereocenters. The summed E-state index contributed by atoms with van der Waals surface area (Å²) < 4.78 is 14.7. The van der Waals surface area contributed by atoms with Gasteiger partial charge < -0.3 is 10.2 Å². The van der Waals surface area contributed by atoms with Gasteiger partial charge in [-0.15, -0.1) is 0 Å². The zero-order valence-electron chi connectivity index (χ0n) is 18.8. The van der Waals surface area contributed by atoms with Crippen LogP contribution in [0.5, 0.6) is 0 Å². The molecule has 0 aliphatic heterocycles. The van der Waals surface area contributed by atoms with Crippen LogP contribution in [-0.4, -0.2) is 40.7 Å². The Hall–Kier alpha value is -2.88. The van der Waals surface area contributed by atoms with Gasteiger partial charge in [0.2, 0.25) is 11.8 Å². The lowest BCUT2D eigenvalue weighted by Gasteiger charge is -2.13. The van der Waals surface area contributed by atoms with E-state index < -0.39 is 16.9 Å². The lowest BCUT2D eigenvalue weighted by Crippen LogP contribution is -2.31. The van der Waals surface area contributed by atoms with Gasteiger partial charge in [-0.3, -0.25) is 19.1 Å². The molecular formula is C24H31N3O5S. The largest absolute Gasteiger partial charge is 0.354 e. The average Bonchev–Trinajstić information content (AvgIpc) is 2.83. The fourth-order valence-electron chi connectivity index (χ4n) is 3.12. The number of amides is 2. The molecule has 0 radical (unpaired) electrons. The highest BCUT2D eigenvalue weighted by atomic mass is 32.2. The fraction of sp³-hybridized carbons (Fsp3) is 0.375. The number of rotatable bonds is 14. The van der Waals surface area contributed by atoms with Gasteiger partial charge in [0.25, 0.3) is 0 Å². The summed E-state index contributed by atoms with van der Waals surface area (Å²) in [6.07, 6.45) is 2.42. The highest BCUT2D eigenvalue weighted by Gasteiger charge is 2.18. The maximum Gasteiger partial charge on any atom is 0.238 e. The van der Waals surface area contributed by atoms with Crippen LogP contribution in [0.25, 0.3) is 0 Å². The summed E-state index contributed by atoms with van der Waals surface area (Å²) in [5.41, 5.74) is 1.89. The molecule has 0 aromatic heterocycles. The van der Waals surface area contributed by atoms with Crippen LogP contribution in [-0.2, 0) is 25.4 Å². The van der Waals surface area contributed by atoms with Gasteiger partial charge in [0.1, 0.15) is 11.0 Å². The highest BCUT2D eigenvalue weighted by Crippen LogP contribution is 2.18. The molecule has 0 aliphatic rings. The molecule has 4 N–H and O–H groups in total. The number of ketones is 1. The van der Waals surface area contributed by atoms with Crippen molar-refractivity contribution in [3.05, 3.63) is 71.3 Å². The standard InChI is InChI=1S/C24H31N3O5S/c1-18(19-11-13-21(14-12-19)23(29)20-8-4-2-5-9-20)24(30)27-33(31)17-7-3-6-10-22(28)26-15-16-32-25/h2,4-5,8-9,11-14,18H,3,6-7,10,15-17,25H2,1H3,(H,26,28)(H,27,30). The first kappa shape index (κ1) is 26.4. The molecular weight excluding hydrogens is 442 g/mol. The number of carbonyl (C=O) groups is 3. The third-order valence-electron chi connectivity index (χ3n) is 5.09. The van der Waals surface area contributed by atoms with Crippen molar-refractivity contribution in [3.63, 3.8) is 0 Å². The first-order chi connectivity index (χ1) is 15.9. The van der Waals surface area contributed by atoms with Crippen molar-refractivity contribution in [2.24, 2.45) is 5.90 Å². The number of nitrogens with two attached hydrogens (primary N) is 1. The number of hydrogen-bond acceptors (Lipinski definition) is 6. The number of benzene rings is 2. The highest BCUT2D eigenvalue weighted by molar-refractivity contribution is 7.83. The van der Waals surface area contributed by atoms with Crippen LogP contribution in [0, 0.1) is 0 Å². The molecule has 9 heteroatoms. The minimum absolute atomic E-state index is 0.0770. The Morgan fingerprint density at radius 3 is 2.30 bits per heavy atom. The van der Waals surface area contributed by atoms with Gasteiger partial charge in [-0.05, 0) is 25.3 Å². The molecule has 2 amide bonds. The summed E-state index contributed by atoms with van der Waals surface area (Å²) in [7, 11) is -1.49. The molecule has 0 spiro atoms. The quantitative estimate of drug-likeness (QED) is 0.220. The van der Waals surface area contributed by atoms with Crippen LogP contribution in [0.4, 0.5) is 0 Å². The molecule has 0 aliphatic carbocycles. The lowest BCUT2D eigenvalue weighted by molar-refractivity contribution is -0.121. The Labute approximate surface area is 196 Å². The van der Waals surface area contributed by atoms with Crippen LogP contribution < -0.4 is 15.9 Å². The Morgan fingerprint density at radius 2 is 1.64 bits per heavy atom. The average molecular weight is 474 g/mol. The Bertz CT molecular complexity index is 935. The molecule has 2 aromatic rings. The van der Waals surface area contributed by atoms with Gasteiger partial charge in [-0.2, -0.15) is 0 Å². The van der Waals surface area contributed by atoms with Crippen LogP contribution in [0.3, 0.4) is 0 Å². The van der Waals surface area contributed by atoms with E-state index >= 15 is 0 Å². The Morgan fingerprint density at radius 1 is 0.970 bits per heavy atom. The van der Waals surface area contributed by atoms with E-state index in [-0.39, 0.29) is 24.2 Å². The van der Waals surface area contributed by atoms with Crippen molar-refractivity contribution in [3.8, 4) is 0 Å². The van der Waals surface area contributed by atoms with E-state index in [1.54, 1.807) is 43.3 Å². The molecule has 0 saturated carbocycles. The smallest absolute Gasteiger partial charge is 0.238 e. The molecule has 33 heavy (non-hydrogen) atoms. The van der Waals surface area contributed by atoms with Crippen molar-refractivity contribution in [2.45, 2.75) is 38.5 Å². The van der Waals surface area contributed by atoms with E-state index in [1.165, 1.54) is 0 Å². The first-order valence-corrected chi connectivity index (χ1v) is 12.2. The van der Waals surface area contributed by atoms with E-state index in [2.05, 4.69) is 14.9 Å². The summed E-state index contributed by atoms with van der Waals surface area (Å²) in [4.78, 5) is 40.9. The molecule has 2 aromatic carbocycles. The van der Waals surface area contributed by atoms with Gasteiger partial charge in [-0.1, -0.05) is 61.0 Å². The maximum atomic E-state index is 12.5. The zero-order chi connectivity index (χ0) is 24.1. The van der Waals surface area contributed by atoms with Crippen LogP contribution >= 0.6 is 0 Å². The van der Waals surface area contributed by atoms with Gasteiger partial charge >= 0.3 is 0 Å². The SMILES string of the molecule is CC(C(=O)NS(=O)CCCCCC(=O)NCCON)c1ccc(C(=O)c2ccccc2)cc1. The summed E-state index contributed by atoms with van der Waals surface area (Å²) in [6, 6.07) is 15.9. The molecule has 2 atom stereocenters. The maximum absolute atomic E-state index is 12.5. The van der Waals surface area contributed by atoms with E-state index in [1.807, 2.05) is 18.2 Å². The van der Waals surface area contributed by atoms with Crippen LogP contribution in [0.15, 0.2) is 54.6 Å². The van der Waals surface area contributed by atoms with E-state index in [9.17, 15) is 18.6 Å². The van der Waals surface area contributed by atoms with Gasteiger partial charge in [0.15, 0.2) is 5.78 Å². The molecule has 0 fully saturated rings. The third-order valence-corrected chi connectivity index (χ3v) is 6.18. The summed E-state index contributed by atoms with van der Waals surface area (Å²) in [5.74, 6) is 4.21. The number of unbranched alkanes of at least 4 members (excludes halogenated alkanes) is 2. The number of carbonyl (C=O) groups excluding carboxylic acids is 3. The predicted octanol–water partition coefficient (Wildman–Crippen LogP) is 2.37. The fourth-order valence-corrected chi connectivity index (χ4v) is 4.09. The van der Waals surface area contributed by atoms with Crippen LogP contribution in [0.1, 0.15) is 60.0 Å². The topological polar surface area (TPSA) is 128 Å². The van der Waals surface area contributed by atoms with Gasteiger partial charge in [-0.25, -0.2) is 10.1 Å². The lowest BCUT2D eigenvalue weighted by atomic mass is 9.97. The molecule has 0 bridgehead atoms. The molecule has 178 valence electrons. The number of hydrogen-bond donors (Lipinski definition) is 3. The minimum atomic E-state index is -1.49. The van der Waals surface area contributed by atoms with E-state index in [0.29, 0.717) is 42.7 Å². The second-order valence-electron chi connectivity index (χ2n) is 7.59. The van der Waals surface area contributed by atoms with Gasteiger partial charge in [0.05, 0.1) is 12.5 Å². The summed E-state index contributed by atoms with van der Waals surface area (Å²) in [6.45, 7) is 2.36. The summed E-state index contributed by atoms with van der Waals surface area (Å²) in [5, 5.41) is 2.68. The van der Waals surface area contributed by atoms with Crippen LogP contribution in [0.2, 0.25) is 0 Å².